The van der Waals surface area contributed by atoms with Crippen LogP contribution >= 0.6 is 0 Å². The minimum Gasteiger partial charge on any atom is -0.341 e. The summed E-state index contributed by atoms with van der Waals surface area (Å²) in [5.41, 5.74) is 0. The molecule has 0 unspecified atom stereocenters. The summed E-state index contributed by atoms with van der Waals surface area (Å²) in [6, 6.07) is 2.69. The van der Waals surface area contributed by atoms with Gasteiger partial charge in [0.05, 0.1) is 0 Å². The second-order valence-corrected chi connectivity index (χ2v) is 4.68. The summed E-state index contributed by atoms with van der Waals surface area (Å²) in [5, 5.41) is 0. The van der Waals surface area contributed by atoms with Crippen molar-refractivity contribution in [1.82, 2.24) is 4.98 Å². The van der Waals surface area contributed by atoms with E-state index in [1.54, 1.807) is 0 Å². The highest BCUT2D eigenvalue weighted by atomic mass is 28.3. The van der Waals surface area contributed by atoms with Gasteiger partial charge in [0.2, 0.25) is 0 Å². The van der Waals surface area contributed by atoms with E-state index in [0.717, 1.165) is 0 Å². The molecule has 0 aromatic rings. The summed E-state index contributed by atoms with van der Waals surface area (Å²) < 4.78 is 0. The Kier molecular flexibility index (Phi) is 4.45. The van der Waals surface area contributed by atoms with Gasteiger partial charge in [0.1, 0.15) is 8.96 Å². The molecule has 0 aromatic heterocycles. The standard InChI is InChI=1S/C5H14NSi/c1-4-7(5-2)6-3/h6H,4-5H2,1-3H3. The van der Waals surface area contributed by atoms with Crippen molar-refractivity contribution in [2.24, 2.45) is 0 Å². The Morgan fingerprint density at radius 2 is 1.71 bits per heavy atom. The van der Waals surface area contributed by atoms with Crippen LogP contribution in [0, 0.1) is 0 Å². The summed E-state index contributed by atoms with van der Waals surface area (Å²) in [6.07, 6.45) is 0. The Morgan fingerprint density at radius 1 is 1.29 bits per heavy atom. The smallest absolute Gasteiger partial charge is 0.132 e. The number of hydrogen-bond donors (Lipinski definition) is 1. The molecule has 1 nitrogen and oxygen atoms in total. The molecule has 0 bridgehead atoms. The minimum absolute atomic E-state index is 0.113. The van der Waals surface area contributed by atoms with E-state index in [9.17, 15) is 0 Å². The largest absolute Gasteiger partial charge is 0.341 e. The van der Waals surface area contributed by atoms with Gasteiger partial charge in [-0.05, 0) is 19.1 Å². The maximum absolute atomic E-state index is 3.30. The van der Waals surface area contributed by atoms with E-state index in [-0.39, 0.29) is 8.96 Å². The average Bonchev–Trinajstić information content (AvgIpc) is 1.72. The predicted molar refractivity (Wildman–Crippen MR) is 35.8 cm³/mol. The minimum atomic E-state index is -0.113. The van der Waals surface area contributed by atoms with Crippen molar-refractivity contribution in [1.29, 1.82) is 0 Å². The third kappa shape index (κ3) is 2.82. The molecule has 0 saturated carbocycles. The van der Waals surface area contributed by atoms with Gasteiger partial charge in [-0.3, -0.25) is 0 Å². The summed E-state index contributed by atoms with van der Waals surface area (Å²) in [7, 11) is 1.94. The van der Waals surface area contributed by atoms with Crippen LogP contribution in [0.4, 0.5) is 0 Å². The van der Waals surface area contributed by atoms with Crippen LogP contribution in [0.15, 0.2) is 0 Å². The molecule has 43 valence electrons. The number of nitrogens with one attached hydrogen (secondary N) is 1. The average molecular weight is 116 g/mol. The molecule has 0 heterocycles. The molecule has 0 spiro atoms. The zero-order chi connectivity index (χ0) is 5.70. The monoisotopic (exact) mass is 116 g/mol. The van der Waals surface area contributed by atoms with Gasteiger partial charge < -0.3 is 4.98 Å². The Balaban J connectivity index is 2.99. The molecular formula is C5H14NSi. The first-order valence-electron chi connectivity index (χ1n) is 2.87. The van der Waals surface area contributed by atoms with Crippen LogP contribution in [0.2, 0.25) is 12.1 Å². The van der Waals surface area contributed by atoms with Gasteiger partial charge in [-0.1, -0.05) is 13.8 Å². The predicted octanol–water partition coefficient (Wildman–Crippen LogP) is 1.24. The van der Waals surface area contributed by atoms with Gasteiger partial charge in [-0.25, -0.2) is 0 Å². The van der Waals surface area contributed by atoms with E-state index in [2.05, 4.69) is 25.9 Å². The Bertz CT molecular complexity index is 29.6. The Hall–Kier alpha value is 0.177. The van der Waals surface area contributed by atoms with E-state index >= 15 is 0 Å². The third-order valence-electron chi connectivity index (χ3n) is 1.21. The third-order valence-corrected chi connectivity index (χ3v) is 3.62. The van der Waals surface area contributed by atoms with Crippen molar-refractivity contribution in [3.05, 3.63) is 0 Å². The van der Waals surface area contributed by atoms with E-state index < -0.39 is 0 Å². The molecule has 0 atom stereocenters. The van der Waals surface area contributed by atoms with Gasteiger partial charge in [0, 0.05) is 0 Å². The van der Waals surface area contributed by atoms with Crippen molar-refractivity contribution in [2.75, 3.05) is 7.05 Å². The summed E-state index contributed by atoms with van der Waals surface area (Å²) >= 11 is 0. The maximum atomic E-state index is 3.30. The fourth-order valence-electron chi connectivity index (χ4n) is 0.604. The van der Waals surface area contributed by atoms with Crippen molar-refractivity contribution in [3.8, 4) is 0 Å². The van der Waals surface area contributed by atoms with Gasteiger partial charge in [-0.2, -0.15) is 0 Å². The molecule has 0 fully saturated rings. The van der Waals surface area contributed by atoms with E-state index in [0.29, 0.717) is 0 Å². The quantitative estimate of drug-likeness (QED) is 0.547. The first kappa shape index (κ1) is 7.18. The van der Waals surface area contributed by atoms with Crippen LogP contribution in [0.3, 0.4) is 0 Å². The normalized spacial score (nSPS) is 10.3. The van der Waals surface area contributed by atoms with Gasteiger partial charge in [-0.15, -0.1) is 0 Å². The molecule has 1 radical (unpaired) electrons. The highest BCUT2D eigenvalue weighted by Gasteiger charge is 1.98. The Morgan fingerprint density at radius 3 is 1.71 bits per heavy atom. The molecule has 0 aliphatic heterocycles. The van der Waals surface area contributed by atoms with E-state index in [1.807, 2.05) is 0 Å². The fourth-order valence-corrected chi connectivity index (χ4v) is 1.81. The molecule has 0 amide bonds. The maximum Gasteiger partial charge on any atom is 0.132 e. The summed E-state index contributed by atoms with van der Waals surface area (Å²) in [6.45, 7) is 4.49. The van der Waals surface area contributed by atoms with Crippen LogP contribution in [0.5, 0.6) is 0 Å². The molecule has 0 saturated heterocycles. The fraction of sp³-hybridized carbons (Fsp3) is 1.00. The zero-order valence-electron chi connectivity index (χ0n) is 5.41. The van der Waals surface area contributed by atoms with Crippen molar-refractivity contribution >= 4 is 8.96 Å². The van der Waals surface area contributed by atoms with Crippen molar-refractivity contribution < 1.29 is 0 Å². The van der Waals surface area contributed by atoms with E-state index in [1.165, 1.54) is 12.1 Å². The first-order valence-corrected chi connectivity index (χ1v) is 4.79. The lowest BCUT2D eigenvalue weighted by molar-refractivity contribution is 1.12. The molecule has 1 N–H and O–H groups in total. The molecule has 0 rings (SSSR count). The molecular weight excluding hydrogens is 102 g/mol. The van der Waals surface area contributed by atoms with Crippen LogP contribution in [-0.2, 0) is 0 Å². The molecule has 2 heteroatoms. The highest BCUT2D eigenvalue weighted by Crippen LogP contribution is 1.90. The van der Waals surface area contributed by atoms with Gasteiger partial charge in [0.15, 0.2) is 0 Å². The SMILES string of the molecule is CC[Si](CC)NC. The topological polar surface area (TPSA) is 12.0 Å². The van der Waals surface area contributed by atoms with Crippen LogP contribution in [0.1, 0.15) is 13.8 Å². The molecule has 0 aliphatic carbocycles. The van der Waals surface area contributed by atoms with Gasteiger partial charge >= 0.3 is 0 Å². The second kappa shape index (κ2) is 4.34. The Labute approximate surface area is 47.8 Å². The number of rotatable bonds is 3. The lowest BCUT2D eigenvalue weighted by atomic mass is 10.9. The number of hydrogen-bond acceptors (Lipinski definition) is 1. The lowest BCUT2D eigenvalue weighted by Crippen LogP contribution is -2.27. The van der Waals surface area contributed by atoms with Gasteiger partial charge in [0.25, 0.3) is 0 Å². The first-order chi connectivity index (χ1) is 3.35. The van der Waals surface area contributed by atoms with Crippen LogP contribution < -0.4 is 4.98 Å². The molecule has 7 heavy (non-hydrogen) atoms. The summed E-state index contributed by atoms with van der Waals surface area (Å²) in [4.78, 5) is 3.30. The second-order valence-electron chi connectivity index (χ2n) is 1.56. The molecule has 0 aliphatic rings. The van der Waals surface area contributed by atoms with Crippen molar-refractivity contribution in [3.63, 3.8) is 0 Å². The molecule has 0 aromatic carbocycles. The van der Waals surface area contributed by atoms with Crippen LogP contribution in [0.25, 0.3) is 0 Å². The highest BCUT2D eigenvalue weighted by molar-refractivity contribution is 6.55. The zero-order valence-corrected chi connectivity index (χ0v) is 6.41. The lowest BCUT2D eigenvalue weighted by Gasteiger charge is -2.04. The van der Waals surface area contributed by atoms with E-state index in [4.69, 9.17) is 0 Å². The van der Waals surface area contributed by atoms with Crippen molar-refractivity contribution in [2.45, 2.75) is 25.9 Å². The van der Waals surface area contributed by atoms with Crippen LogP contribution in [-0.4, -0.2) is 16.0 Å². The summed E-state index contributed by atoms with van der Waals surface area (Å²) in [5.74, 6) is 0.